The van der Waals surface area contributed by atoms with Gasteiger partial charge in [0, 0.05) is 18.4 Å². The first-order valence-corrected chi connectivity index (χ1v) is 7.29. The molecular weight excluding hydrogens is 247 g/mol. The second kappa shape index (κ2) is 7.25. The second-order valence-electron chi connectivity index (χ2n) is 3.66. The standard InChI is InChI=1S/C10H17O6P/c1-8(2)10(12)16-6-5-15-9(11)4-7-17(3,13)14/h1,4-7H2,2-3H3,(H,13,14). The van der Waals surface area contributed by atoms with E-state index in [0.717, 1.165) is 0 Å². The highest BCUT2D eigenvalue weighted by molar-refractivity contribution is 7.57. The zero-order valence-electron chi connectivity index (χ0n) is 9.97. The quantitative estimate of drug-likeness (QED) is 0.318. The molecule has 0 aliphatic heterocycles. The smallest absolute Gasteiger partial charge is 0.333 e. The lowest BCUT2D eigenvalue weighted by molar-refractivity contribution is -0.149. The van der Waals surface area contributed by atoms with Gasteiger partial charge in [-0.25, -0.2) is 4.79 Å². The van der Waals surface area contributed by atoms with Gasteiger partial charge in [-0.15, -0.1) is 0 Å². The number of hydrogen-bond donors (Lipinski definition) is 1. The van der Waals surface area contributed by atoms with Crippen LogP contribution in [-0.2, 0) is 23.6 Å². The van der Waals surface area contributed by atoms with Crippen LogP contribution in [0.25, 0.3) is 0 Å². The number of carbonyl (C=O) groups is 2. The molecule has 1 atom stereocenters. The van der Waals surface area contributed by atoms with E-state index in [1.807, 2.05) is 0 Å². The molecule has 0 rings (SSSR count). The van der Waals surface area contributed by atoms with E-state index in [2.05, 4.69) is 16.1 Å². The third-order valence-corrected chi connectivity index (χ3v) is 2.71. The fourth-order valence-corrected chi connectivity index (χ4v) is 1.38. The first kappa shape index (κ1) is 15.9. The maximum Gasteiger partial charge on any atom is 0.333 e. The minimum absolute atomic E-state index is 0.0552. The van der Waals surface area contributed by atoms with Crippen molar-refractivity contribution in [3.63, 3.8) is 0 Å². The summed E-state index contributed by atoms with van der Waals surface area (Å²) in [6.45, 7) is 5.94. The van der Waals surface area contributed by atoms with Crippen molar-refractivity contribution in [1.29, 1.82) is 0 Å². The van der Waals surface area contributed by atoms with Crippen LogP contribution < -0.4 is 0 Å². The summed E-state index contributed by atoms with van der Waals surface area (Å²) in [5, 5.41) is 0. The average Bonchev–Trinajstić information content (AvgIpc) is 2.20. The van der Waals surface area contributed by atoms with Crippen molar-refractivity contribution in [2.45, 2.75) is 13.3 Å². The van der Waals surface area contributed by atoms with Crippen LogP contribution in [0.1, 0.15) is 13.3 Å². The van der Waals surface area contributed by atoms with Gasteiger partial charge in [0.05, 0.1) is 6.42 Å². The molecule has 7 heteroatoms. The summed E-state index contributed by atoms with van der Waals surface area (Å²) >= 11 is 0. The summed E-state index contributed by atoms with van der Waals surface area (Å²) in [6.07, 6.45) is -0.240. The molecule has 0 amide bonds. The van der Waals surface area contributed by atoms with Crippen molar-refractivity contribution in [1.82, 2.24) is 0 Å². The van der Waals surface area contributed by atoms with Crippen LogP contribution >= 0.6 is 7.37 Å². The number of ether oxygens (including phenoxy) is 2. The van der Waals surface area contributed by atoms with Gasteiger partial charge in [-0.3, -0.25) is 9.36 Å². The van der Waals surface area contributed by atoms with E-state index < -0.39 is 19.3 Å². The molecule has 0 fully saturated rings. The molecule has 0 spiro atoms. The van der Waals surface area contributed by atoms with Gasteiger partial charge in [0.2, 0.25) is 0 Å². The highest BCUT2D eigenvalue weighted by Gasteiger charge is 2.13. The van der Waals surface area contributed by atoms with Crippen molar-refractivity contribution in [2.24, 2.45) is 0 Å². The number of hydrogen-bond acceptors (Lipinski definition) is 5. The molecule has 0 aliphatic rings. The Balaban J connectivity index is 3.62. The van der Waals surface area contributed by atoms with Gasteiger partial charge in [-0.2, -0.15) is 0 Å². The normalized spacial score (nSPS) is 13.6. The molecule has 0 saturated carbocycles. The van der Waals surface area contributed by atoms with Gasteiger partial charge in [0.1, 0.15) is 13.2 Å². The Morgan fingerprint density at radius 2 is 1.82 bits per heavy atom. The maximum absolute atomic E-state index is 11.1. The van der Waals surface area contributed by atoms with E-state index in [-0.39, 0.29) is 31.4 Å². The molecule has 1 N–H and O–H groups in total. The van der Waals surface area contributed by atoms with E-state index in [1.165, 1.54) is 13.6 Å². The van der Waals surface area contributed by atoms with Crippen molar-refractivity contribution >= 4 is 19.3 Å². The van der Waals surface area contributed by atoms with Gasteiger partial charge in [-0.05, 0) is 6.92 Å². The zero-order chi connectivity index (χ0) is 13.5. The van der Waals surface area contributed by atoms with Gasteiger partial charge < -0.3 is 14.4 Å². The number of carbonyl (C=O) groups excluding carboxylic acids is 2. The molecule has 0 aromatic carbocycles. The summed E-state index contributed by atoms with van der Waals surface area (Å²) in [6, 6.07) is 0. The lowest BCUT2D eigenvalue weighted by atomic mass is 10.4. The van der Waals surface area contributed by atoms with Crippen molar-refractivity contribution in [3.8, 4) is 0 Å². The van der Waals surface area contributed by atoms with Crippen LogP contribution in [0.5, 0.6) is 0 Å². The van der Waals surface area contributed by atoms with Crippen LogP contribution in [0.2, 0.25) is 0 Å². The van der Waals surface area contributed by atoms with E-state index in [0.29, 0.717) is 0 Å². The van der Waals surface area contributed by atoms with Gasteiger partial charge >= 0.3 is 11.9 Å². The number of rotatable bonds is 7. The topological polar surface area (TPSA) is 89.9 Å². The molecule has 0 aromatic rings. The highest BCUT2D eigenvalue weighted by Crippen LogP contribution is 2.35. The first-order chi connectivity index (χ1) is 7.72. The molecular formula is C10H17O6P. The molecule has 0 bridgehead atoms. The van der Waals surface area contributed by atoms with Crippen LogP contribution in [0.3, 0.4) is 0 Å². The highest BCUT2D eigenvalue weighted by atomic mass is 31.2. The largest absolute Gasteiger partial charge is 0.462 e. The second-order valence-corrected chi connectivity index (χ2v) is 6.21. The predicted molar refractivity (Wildman–Crippen MR) is 62.0 cm³/mol. The number of esters is 2. The van der Waals surface area contributed by atoms with Gasteiger partial charge in [0.25, 0.3) is 0 Å². The van der Waals surface area contributed by atoms with Crippen molar-refractivity contribution in [3.05, 3.63) is 12.2 Å². The summed E-state index contributed by atoms with van der Waals surface area (Å²) in [4.78, 5) is 30.9. The SMILES string of the molecule is C=C(C)C(=O)OCCOC(=O)CCP(C)(=O)O. The lowest BCUT2D eigenvalue weighted by Crippen LogP contribution is -2.14. The molecule has 0 radical (unpaired) electrons. The summed E-state index contributed by atoms with van der Waals surface area (Å²) in [5.41, 5.74) is 0.267. The molecule has 98 valence electrons. The van der Waals surface area contributed by atoms with Crippen molar-refractivity contribution < 1.29 is 28.5 Å². The van der Waals surface area contributed by atoms with Crippen LogP contribution in [-0.4, -0.2) is 42.9 Å². The minimum atomic E-state index is -3.19. The van der Waals surface area contributed by atoms with E-state index in [4.69, 9.17) is 4.89 Å². The summed E-state index contributed by atoms with van der Waals surface area (Å²) in [7, 11) is -3.19. The fourth-order valence-electron chi connectivity index (χ4n) is 0.784. The molecule has 17 heavy (non-hydrogen) atoms. The van der Waals surface area contributed by atoms with Crippen LogP contribution in [0.15, 0.2) is 12.2 Å². The third-order valence-electron chi connectivity index (χ3n) is 1.66. The Hall–Kier alpha value is -1.13. The van der Waals surface area contributed by atoms with Gasteiger partial charge in [-0.1, -0.05) is 6.58 Å². The molecule has 0 saturated heterocycles. The maximum atomic E-state index is 11.1. The molecule has 1 unspecified atom stereocenters. The Labute approximate surface area is 100 Å². The average molecular weight is 264 g/mol. The summed E-state index contributed by atoms with van der Waals surface area (Å²) < 4.78 is 20.3. The molecule has 0 aromatic heterocycles. The fraction of sp³-hybridized carbons (Fsp3) is 0.600. The first-order valence-electron chi connectivity index (χ1n) is 5.00. The predicted octanol–water partition coefficient (Wildman–Crippen LogP) is 0.939. The zero-order valence-corrected chi connectivity index (χ0v) is 10.9. The van der Waals surface area contributed by atoms with E-state index >= 15 is 0 Å². The monoisotopic (exact) mass is 264 g/mol. The lowest BCUT2D eigenvalue weighted by Gasteiger charge is -2.07. The van der Waals surface area contributed by atoms with E-state index in [1.54, 1.807) is 0 Å². The summed E-state index contributed by atoms with van der Waals surface area (Å²) in [5.74, 6) is -1.14. The minimum Gasteiger partial charge on any atom is -0.462 e. The van der Waals surface area contributed by atoms with Crippen LogP contribution in [0, 0.1) is 0 Å². The van der Waals surface area contributed by atoms with E-state index in [9.17, 15) is 14.2 Å². The Bertz CT molecular complexity index is 343. The molecule has 0 aliphatic carbocycles. The molecule has 6 nitrogen and oxygen atoms in total. The third kappa shape index (κ3) is 9.78. The Morgan fingerprint density at radius 3 is 2.29 bits per heavy atom. The van der Waals surface area contributed by atoms with Crippen molar-refractivity contribution in [2.75, 3.05) is 26.0 Å². The molecule has 0 heterocycles. The van der Waals surface area contributed by atoms with Crippen LogP contribution in [0.4, 0.5) is 0 Å². The Morgan fingerprint density at radius 1 is 1.29 bits per heavy atom. The van der Waals surface area contributed by atoms with Gasteiger partial charge in [0.15, 0.2) is 7.37 Å². The Kier molecular flexibility index (Phi) is 6.76.